The highest BCUT2D eigenvalue weighted by atomic mass is 15.3. The van der Waals surface area contributed by atoms with Gasteiger partial charge in [-0.3, -0.25) is 4.68 Å². The molecule has 0 atom stereocenters. The summed E-state index contributed by atoms with van der Waals surface area (Å²) in [5.41, 5.74) is 4.01. The minimum Gasteiger partial charge on any atom is -0.310 e. The lowest BCUT2D eigenvalue weighted by atomic mass is 10.2. The summed E-state index contributed by atoms with van der Waals surface area (Å²) in [7, 11) is 0. The van der Waals surface area contributed by atoms with Gasteiger partial charge in [0.15, 0.2) is 0 Å². The Morgan fingerprint density at radius 2 is 2.00 bits per heavy atom. The van der Waals surface area contributed by atoms with E-state index in [2.05, 4.69) is 28.9 Å². The van der Waals surface area contributed by atoms with Gasteiger partial charge in [-0.1, -0.05) is 0 Å². The van der Waals surface area contributed by atoms with Gasteiger partial charge in [0, 0.05) is 30.4 Å². The van der Waals surface area contributed by atoms with Crippen LogP contribution in [-0.2, 0) is 13.1 Å². The molecule has 0 radical (unpaired) electrons. The second kappa shape index (κ2) is 3.88. The zero-order chi connectivity index (χ0) is 11.1. The molecule has 2 fully saturated rings. The first-order chi connectivity index (χ1) is 7.74. The van der Waals surface area contributed by atoms with E-state index in [9.17, 15) is 0 Å². The molecule has 16 heavy (non-hydrogen) atoms. The molecule has 1 heterocycles. The number of nitrogens with zero attached hydrogens (tertiary/aromatic N) is 2. The number of aryl methyl sites for hydroxylation is 1. The first-order valence-electron chi connectivity index (χ1n) is 6.50. The minimum atomic E-state index is 0.783. The molecule has 1 N–H and O–H groups in total. The Morgan fingerprint density at radius 1 is 1.25 bits per heavy atom. The zero-order valence-corrected chi connectivity index (χ0v) is 10.3. The Kier molecular flexibility index (Phi) is 2.51. The molecule has 0 aromatic carbocycles. The quantitative estimate of drug-likeness (QED) is 0.822. The summed E-state index contributed by atoms with van der Waals surface area (Å²) in [6.07, 6.45) is 5.50. The van der Waals surface area contributed by atoms with Crippen molar-refractivity contribution in [1.82, 2.24) is 15.1 Å². The fraction of sp³-hybridized carbons (Fsp3) is 0.769. The van der Waals surface area contributed by atoms with Crippen molar-refractivity contribution >= 4 is 0 Å². The van der Waals surface area contributed by atoms with E-state index in [-0.39, 0.29) is 0 Å². The monoisotopic (exact) mass is 219 g/mol. The van der Waals surface area contributed by atoms with E-state index in [0.29, 0.717) is 0 Å². The first-order valence-corrected chi connectivity index (χ1v) is 6.50. The molecule has 0 spiro atoms. The average Bonchev–Trinajstić information content (AvgIpc) is 3.11. The highest BCUT2D eigenvalue weighted by Gasteiger charge is 2.25. The Morgan fingerprint density at radius 3 is 2.62 bits per heavy atom. The molecule has 3 nitrogen and oxygen atoms in total. The van der Waals surface area contributed by atoms with Crippen molar-refractivity contribution in [1.29, 1.82) is 0 Å². The fourth-order valence-electron chi connectivity index (χ4n) is 2.25. The molecule has 2 saturated carbocycles. The first kappa shape index (κ1) is 10.3. The second-order valence-corrected chi connectivity index (χ2v) is 5.43. The SMILES string of the molecule is Cc1nn(CC2CC2)c(C)c1CNC1CC1. The largest absolute Gasteiger partial charge is 0.310 e. The van der Waals surface area contributed by atoms with Gasteiger partial charge in [-0.25, -0.2) is 0 Å². The van der Waals surface area contributed by atoms with Crippen LogP contribution < -0.4 is 5.32 Å². The maximum Gasteiger partial charge on any atom is 0.0641 e. The summed E-state index contributed by atoms with van der Waals surface area (Å²) < 4.78 is 2.22. The number of rotatable bonds is 5. The lowest BCUT2D eigenvalue weighted by molar-refractivity contribution is 0.545. The van der Waals surface area contributed by atoms with E-state index in [1.54, 1.807) is 0 Å². The van der Waals surface area contributed by atoms with Crippen molar-refractivity contribution in [2.24, 2.45) is 5.92 Å². The van der Waals surface area contributed by atoms with Crippen LogP contribution in [0.15, 0.2) is 0 Å². The van der Waals surface area contributed by atoms with Crippen molar-refractivity contribution in [3.8, 4) is 0 Å². The summed E-state index contributed by atoms with van der Waals surface area (Å²) in [5.74, 6) is 0.905. The third kappa shape index (κ3) is 2.14. The summed E-state index contributed by atoms with van der Waals surface area (Å²) in [6, 6.07) is 0.783. The maximum atomic E-state index is 4.67. The zero-order valence-electron chi connectivity index (χ0n) is 10.3. The molecule has 3 heteroatoms. The molecule has 0 amide bonds. The molecule has 0 saturated heterocycles. The van der Waals surface area contributed by atoms with Gasteiger partial charge in [-0.05, 0) is 45.4 Å². The molecule has 2 aliphatic rings. The molecule has 3 rings (SSSR count). The number of nitrogens with one attached hydrogen (secondary N) is 1. The van der Waals surface area contributed by atoms with E-state index >= 15 is 0 Å². The van der Waals surface area contributed by atoms with Crippen LogP contribution in [0.5, 0.6) is 0 Å². The van der Waals surface area contributed by atoms with Crippen molar-refractivity contribution in [2.45, 2.75) is 58.7 Å². The molecule has 0 aliphatic heterocycles. The lowest BCUT2D eigenvalue weighted by Gasteiger charge is -2.05. The van der Waals surface area contributed by atoms with Gasteiger partial charge in [-0.2, -0.15) is 5.10 Å². The number of hydrogen-bond donors (Lipinski definition) is 1. The molecule has 1 aromatic heterocycles. The summed E-state index contributed by atoms with van der Waals surface area (Å²) >= 11 is 0. The second-order valence-electron chi connectivity index (χ2n) is 5.43. The third-order valence-corrected chi connectivity index (χ3v) is 3.80. The van der Waals surface area contributed by atoms with E-state index in [1.807, 2.05) is 0 Å². The molecule has 1 aromatic rings. The Balaban J connectivity index is 1.71. The van der Waals surface area contributed by atoms with Gasteiger partial charge in [0.25, 0.3) is 0 Å². The average molecular weight is 219 g/mol. The standard InChI is InChI=1S/C13H21N3/c1-9-13(7-14-12-5-6-12)10(2)16(15-9)8-11-3-4-11/h11-12,14H,3-8H2,1-2H3. The predicted octanol–water partition coefficient (Wildman–Crippen LogP) is 2.16. The lowest BCUT2D eigenvalue weighted by Crippen LogP contribution is -2.16. The Bertz CT molecular complexity index is 386. The van der Waals surface area contributed by atoms with Crippen LogP contribution in [0.2, 0.25) is 0 Å². The summed E-state index contributed by atoms with van der Waals surface area (Å²) in [6.45, 7) is 6.50. The predicted molar refractivity (Wildman–Crippen MR) is 64.3 cm³/mol. The van der Waals surface area contributed by atoms with Gasteiger partial charge in [0.1, 0.15) is 0 Å². The topological polar surface area (TPSA) is 29.9 Å². The molecule has 2 aliphatic carbocycles. The van der Waals surface area contributed by atoms with E-state index in [0.717, 1.165) is 25.0 Å². The van der Waals surface area contributed by atoms with Gasteiger partial charge >= 0.3 is 0 Å². The Labute approximate surface area is 97.2 Å². The Hall–Kier alpha value is -0.830. The van der Waals surface area contributed by atoms with Gasteiger partial charge in [-0.15, -0.1) is 0 Å². The van der Waals surface area contributed by atoms with Crippen molar-refractivity contribution < 1.29 is 0 Å². The van der Waals surface area contributed by atoms with Crippen molar-refractivity contribution in [3.63, 3.8) is 0 Å². The molecular formula is C13H21N3. The smallest absolute Gasteiger partial charge is 0.0641 e. The third-order valence-electron chi connectivity index (χ3n) is 3.80. The van der Waals surface area contributed by atoms with Crippen LogP contribution in [0, 0.1) is 19.8 Å². The van der Waals surface area contributed by atoms with Crippen molar-refractivity contribution in [3.05, 3.63) is 17.0 Å². The summed E-state index contributed by atoms with van der Waals surface area (Å²) in [4.78, 5) is 0. The van der Waals surface area contributed by atoms with Crippen molar-refractivity contribution in [2.75, 3.05) is 0 Å². The van der Waals surface area contributed by atoms with Gasteiger partial charge in [0.2, 0.25) is 0 Å². The molecule has 88 valence electrons. The van der Waals surface area contributed by atoms with Crippen LogP contribution >= 0.6 is 0 Å². The fourth-order valence-corrected chi connectivity index (χ4v) is 2.25. The van der Waals surface area contributed by atoms with Crippen LogP contribution in [0.1, 0.15) is 42.6 Å². The van der Waals surface area contributed by atoms with Gasteiger partial charge < -0.3 is 5.32 Å². The van der Waals surface area contributed by atoms with Crippen LogP contribution in [0.25, 0.3) is 0 Å². The van der Waals surface area contributed by atoms with E-state index in [1.165, 1.54) is 42.6 Å². The van der Waals surface area contributed by atoms with Crippen LogP contribution in [-0.4, -0.2) is 15.8 Å². The van der Waals surface area contributed by atoms with E-state index < -0.39 is 0 Å². The van der Waals surface area contributed by atoms with Gasteiger partial charge in [0.05, 0.1) is 5.69 Å². The maximum absolute atomic E-state index is 4.67. The van der Waals surface area contributed by atoms with Crippen LogP contribution in [0.4, 0.5) is 0 Å². The summed E-state index contributed by atoms with van der Waals surface area (Å²) in [5, 5.41) is 8.25. The van der Waals surface area contributed by atoms with E-state index in [4.69, 9.17) is 0 Å². The highest BCUT2D eigenvalue weighted by Crippen LogP contribution is 2.31. The highest BCUT2D eigenvalue weighted by molar-refractivity contribution is 5.24. The minimum absolute atomic E-state index is 0.783. The number of aromatic nitrogens is 2. The molecular weight excluding hydrogens is 198 g/mol. The van der Waals surface area contributed by atoms with Crippen LogP contribution in [0.3, 0.4) is 0 Å². The molecule has 0 bridgehead atoms. The molecule has 0 unspecified atom stereocenters. The normalized spacial score (nSPS) is 20.4. The number of hydrogen-bond acceptors (Lipinski definition) is 2.